The van der Waals surface area contributed by atoms with E-state index in [9.17, 15) is 13.2 Å². The number of hydrogen-bond donors (Lipinski definition) is 0. The highest BCUT2D eigenvalue weighted by Gasteiger charge is 2.27. The van der Waals surface area contributed by atoms with E-state index in [0.717, 1.165) is 9.87 Å². The molecule has 3 rings (SSSR count). The van der Waals surface area contributed by atoms with Crippen LogP contribution in [-0.4, -0.2) is 48.7 Å². The minimum absolute atomic E-state index is 0.0109. The number of pyridine rings is 1. The number of carbonyl (C=O) groups is 1. The minimum Gasteiger partial charge on any atom is -0.283 e. The standard InChI is InChI=1S/C20H18Cl2N4O3S2/c1-3-9-26(19(27)12-25(2)31(28,29)15-5-4-8-23-11-15)20-24-18(13-30-20)14-6-7-16(21)17(22)10-14/h3-8,10-11,13H,1,9,12H2,2H3. The van der Waals surface area contributed by atoms with E-state index in [1.54, 1.807) is 29.7 Å². The van der Waals surface area contributed by atoms with Crippen molar-refractivity contribution in [1.82, 2.24) is 14.3 Å². The van der Waals surface area contributed by atoms with E-state index in [2.05, 4.69) is 16.5 Å². The number of amides is 1. The lowest BCUT2D eigenvalue weighted by Crippen LogP contribution is -2.41. The van der Waals surface area contributed by atoms with Crippen LogP contribution in [0.5, 0.6) is 0 Å². The summed E-state index contributed by atoms with van der Waals surface area (Å²) in [5, 5.41) is 3.03. The van der Waals surface area contributed by atoms with E-state index >= 15 is 0 Å². The zero-order valence-corrected chi connectivity index (χ0v) is 19.5. The molecule has 11 heteroatoms. The van der Waals surface area contributed by atoms with Crippen molar-refractivity contribution in [2.75, 3.05) is 25.0 Å². The van der Waals surface area contributed by atoms with Crippen LogP contribution >= 0.6 is 34.5 Å². The Kier molecular flexibility index (Phi) is 7.45. The summed E-state index contributed by atoms with van der Waals surface area (Å²) in [5.74, 6) is -0.440. The highest BCUT2D eigenvalue weighted by atomic mass is 35.5. The number of nitrogens with zero attached hydrogens (tertiary/aromatic N) is 4. The largest absolute Gasteiger partial charge is 0.283 e. The van der Waals surface area contributed by atoms with Crippen LogP contribution in [0.4, 0.5) is 5.13 Å². The van der Waals surface area contributed by atoms with Crippen LogP contribution in [0.1, 0.15) is 0 Å². The average molecular weight is 497 g/mol. The van der Waals surface area contributed by atoms with Crippen LogP contribution in [0.2, 0.25) is 10.0 Å². The molecular weight excluding hydrogens is 479 g/mol. The maximum atomic E-state index is 13.0. The van der Waals surface area contributed by atoms with E-state index < -0.39 is 15.9 Å². The van der Waals surface area contributed by atoms with Gasteiger partial charge in [-0.25, -0.2) is 13.4 Å². The first-order valence-electron chi connectivity index (χ1n) is 8.92. The Morgan fingerprint density at radius 2 is 2.03 bits per heavy atom. The summed E-state index contributed by atoms with van der Waals surface area (Å²) < 4.78 is 26.4. The Hall–Kier alpha value is -2.30. The molecule has 0 saturated heterocycles. The van der Waals surface area contributed by atoms with Gasteiger partial charge in [-0.05, 0) is 24.3 Å². The number of carbonyl (C=O) groups excluding carboxylic acids is 1. The van der Waals surface area contributed by atoms with Gasteiger partial charge in [-0.3, -0.25) is 14.7 Å². The van der Waals surface area contributed by atoms with Crippen LogP contribution in [0.15, 0.2) is 65.7 Å². The van der Waals surface area contributed by atoms with Crippen LogP contribution in [0.3, 0.4) is 0 Å². The molecule has 2 heterocycles. The molecule has 0 radical (unpaired) electrons. The number of halogens is 2. The van der Waals surface area contributed by atoms with Crippen molar-refractivity contribution in [3.8, 4) is 11.3 Å². The maximum absolute atomic E-state index is 13.0. The molecule has 31 heavy (non-hydrogen) atoms. The monoisotopic (exact) mass is 496 g/mol. The molecule has 0 N–H and O–H groups in total. The highest BCUT2D eigenvalue weighted by Crippen LogP contribution is 2.32. The Labute approximate surface area is 194 Å². The first-order chi connectivity index (χ1) is 14.7. The van der Waals surface area contributed by atoms with Crippen molar-refractivity contribution >= 4 is 55.6 Å². The molecule has 0 aliphatic rings. The van der Waals surface area contributed by atoms with Crippen LogP contribution in [0, 0.1) is 0 Å². The quantitative estimate of drug-likeness (QED) is 0.432. The second-order valence-electron chi connectivity index (χ2n) is 6.39. The van der Waals surface area contributed by atoms with E-state index in [1.807, 2.05) is 0 Å². The van der Waals surface area contributed by atoms with Crippen molar-refractivity contribution in [1.29, 1.82) is 0 Å². The van der Waals surface area contributed by atoms with Gasteiger partial charge >= 0.3 is 0 Å². The van der Waals surface area contributed by atoms with Gasteiger partial charge in [0.25, 0.3) is 0 Å². The third-order valence-corrected chi connectivity index (χ3v) is 7.64. The van der Waals surface area contributed by atoms with Crippen LogP contribution in [-0.2, 0) is 14.8 Å². The number of aromatic nitrogens is 2. The number of thiazole rings is 1. The summed E-state index contributed by atoms with van der Waals surface area (Å²) in [7, 11) is -2.52. The zero-order chi connectivity index (χ0) is 22.6. The van der Waals surface area contributed by atoms with Gasteiger partial charge in [0.05, 0.1) is 22.3 Å². The molecule has 0 aliphatic heterocycles. The second-order valence-corrected chi connectivity index (χ2v) is 10.1. The topological polar surface area (TPSA) is 83.5 Å². The molecule has 0 fully saturated rings. The Balaban J connectivity index is 1.82. The SMILES string of the molecule is C=CCN(C(=O)CN(C)S(=O)(=O)c1cccnc1)c1nc(-c2ccc(Cl)c(Cl)c2)cs1. The van der Waals surface area contributed by atoms with Gasteiger partial charge in [0, 0.05) is 36.9 Å². The predicted octanol–water partition coefficient (Wildman–Crippen LogP) is 4.35. The summed E-state index contributed by atoms with van der Waals surface area (Å²) in [6, 6.07) is 8.09. The van der Waals surface area contributed by atoms with Crippen molar-refractivity contribution in [3.05, 3.63) is 70.8 Å². The van der Waals surface area contributed by atoms with Gasteiger partial charge in [0.1, 0.15) is 4.90 Å². The molecule has 162 valence electrons. The molecule has 0 saturated carbocycles. The summed E-state index contributed by atoms with van der Waals surface area (Å²) in [5.41, 5.74) is 1.37. The molecule has 0 spiro atoms. The first kappa shape index (κ1) is 23.4. The number of hydrogen-bond acceptors (Lipinski definition) is 6. The van der Waals surface area contributed by atoms with Gasteiger partial charge in [0.2, 0.25) is 15.9 Å². The Bertz CT molecular complexity index is 1200. The lowest BCUT2D eigenvalue weighted by atomic mass is 10.2. The molecule has 0 unspecified atom stereocenters. The molecule has 0 aliphatic carbocycles. The molecule has 2 aromatic heterocycles. The Morgan fingerprint density at radius 3 is 2.68 bits per heavy atom. The van der Waals surface area contributed by atoms with Gasteiger partial charge in [0.15, 0.2) is 5.13 Å². The second kappa shape index (κ2) is 9.88. The predicted molar refractivity (Wildman–Crippen MR) is 124 cm³/mol. The molecular formula is C20H18Cl2N4O3S2. The third-order valence-electron chi connectivity index (χ3n) is 4.25. The fourth-order valence-corrected chi connectivity index (χ4v) is 4.88. The van der Waals surface area contributed by atoms with Crippen molar-refractivity contribution < 1.29 is 13.2 Å². The normalized spacial score (nSPS) is 11.5. The van der Waals surface area contributed by atoms with Crippen LogP contribution < -0.4 is 4.90 Å². The smallest absolute Gasteiger partial charge is 0.244 e. The summed E-state index contributed by atoms with van der Waals surface area (Å²) in [6.45, 7) is 3.49. The van der Waals surface area contributed by atoms with E-state index in [1.165, 1.54) is 47.8 Å². The third kappa shape index (κ3) is 5.31. The minimum atomic E-state index is -3.86. The van der Waals surface area contributed by atoms with Crippen molar-refractivity contribution in [2.45, 2.75) is 4.90 Å². The molecule has 1 amide bonds. The van der Waals surface area contributed by atoms with E-state index in [-0.39, 0.29) is 18.0 Å². The fraction of sp³-hybridized carbons (Fsp3) is 0.150. The van der Waals surface area contributed by atoms with Gasteiger partial charge in [-0.1, -0.05) is 35.3 Å². The summed E-state index contributed by atoms with van der Waals surface area (Å²) in [4.78, 5) is 22.7. The maximum Gasteiger partial charge on any atom is 0.244 e. The molecule has 3 aromatic rings. The number of likely N-dealkylation sites (N-methyl/N-ethyl adjacent to an activating group) is 1. The highest BCUT2D eigenvalue weighted by molar-refractivity contribution is 7.89. The average Bonchev–Trinajstić information content (AvgIpc) is 3.24. The van der Waals surface area contributed by atoms with Gasteiger partial charge in [-0.15, -0.1) is 17.9 Å². The zero-order valence-electron chi connectivity index (χ0n) is 16.4. The number of sulfonamides is 1. The van der Waals surface area contributed by atoms with E-state index in [0.29, 0.717) is 20.9 Å². The lowest BCUT2D eigenvalue weighted by Gasteiger charge is -2.22. The molecule has 1 aromatic carbocycles. The number of benzene rings is 1. The Morgan fingerprint density at radius 1 is 1.26 bits per heavy atom. The molecule has 0 atom stereocenters. The van der Waals surface area contributed by atoms with Gasteiger partial charge < -0.3 is 0 Å². The van der Waals surface area contributed by atoms with Crippen molar-refractivity contribution in [3.63, 3.8) is 0 Å². The van der Waals surface area contributed by atoms with Gasteiger partial charge in [-0.2, -0.15) is 4.31 Å². The number of rotatable bonds is 8. The lowest BCUT2D eigenvalue weighted by molar-refractivity contribution is -0.118. The summed E-state index contributed by atoms with van der Waals surface area (Å²) >= 11 is 13.3. The fourth-order valence-electron chi connectivity index (χ4n) is 2.63. The number of anilines is 1. The van der Waals surface area contributed by atoms with Crippen LogP contribution in [0.25, 0.3) is 11.3 Å². The van der Waals surface area contributed by atoms with E-state index in [4.69, 9.17) is 23.2 Å². The molecule has 0 bridgehead atoms. The summed E-state index contributed by atoms with van der Waals surface area (Å²) in [6.07, 6.45) is 4.26. The molecule has 7 nitrogen and oxygen atoms in total. The van der Waals surface area contributed by atoms with Crippen molar-refractivity contribution in [2.24, 2.45) is 0 Å². The first-order valence-corrected chi connectivity index (χ1v) is 12.0.